The summed E-state index contributed by atoms with van der Waals surface area (Å²) in [6.07, 6.45) is -0.125. The van der Waals surface area contributed by atoms with Crippen LogP contribution in [0.25, 0.3) is 0 Å². The average Bonchev–Trinajstić information content (AvgIpc) is 2.48. The second-order valence-corrected chi connectivity index (χ2v) is 4.98. The molecule has 1 N–H and O–H groups in total. The number of hydrogen-bond donors (Lipinski definition) is 1. The van der Waals surface area contributed by atoms with Crippen LogP contribution < -0.4 is 9.64 Å². The Hall–Kier alpha value is -1.59. The van der Waals surface area contributed by atoms with Crippen LogP contribution in [0.4, 0.5) is 0 Å². The van der Waals surface area contributed by atoms with E-state index in [0.717, 1.165) is 32.8 Å². The first-order chi connectivity index (χ1) is 9.70. The lowest BCUT2D eigenvalue weighted by Gasteiger charge is -2.26. The van der Waals surface area contributed by atoms with Crippen LogP contribution >= 0.6 is 0 Å². The highest BCUT2D eigenvalue weighted by molar-refractivity contribution is 5.92. The zero-order valence-corrected chi connectivity index (χ0v) is 12.1. The highest BCUT2D eigenvalue weighted by Gasteiger charge is 2.21. The lowest BCUT2D eigenvalue weighted by Crippen LogP contribution is -3.15. The highest BCUT2D eigenvalue weighted by atomic mass is 16.5. The minimum atomic E-state index is -0.331. The smallest absolute Gasteiger partial charge is 0.342 e. The summed E-state index contributed by atoms with van der Waals surface area (Å²) < 4.78 is 16.0. The molecule has 1 saturated heterocycles. The summed E-state index contributed by atoms with van der Waals surface area (Å²) in [4.78, 5) is 13.6. The first-order valence-electron chi connectivity index (χ1n) is 6.96. The molecule has 0 spiro atoms. The van der Waals surface area contributed by atoms with Gasteiger partial charge in [0, 0.05) is 0 Å². The third-order valence-electron chi connectivity index (χ3n) is 3.41. The van der Waals surface area contributed by atoms with Crippen molar-refractivity contribution < 1.29 is 23.9 Å². The average molecular weight is 280 g/mol. The van der Waals surface area contributed by atoms with Gasteiger partial charge >= 0.3 is 5.97 Å². The normalized spacial score (nSPS) is 17.5. The number of nitrogens with one attached hydrogen (secondary N) is 1. The zero-order chi connectivity index (χ0) is 14.4. The molecule has 5 heteroatoms. The predicted molar refractivity (Wildman–Crippen MR) is 74.3 cm³/mol. The number of ether oxygens (including phenoxy) is 3. The van der Waals surface area contributed by atoms with Gasteiger partial charge in [-0.1, -0.05) is 12.1 Å². The first-order valence-corrected chi connectivity index (χ1v) is 6.96. The molecule has 2 rings (SSSR count). The fourth-order valence-corrected chi connectivity index (χ4v) is 2.37. The van der Waals surface area contributed by atoms with Gasteiger partial charge in [0.2, 0.25) is 0 Å². The van der Waals surface area contributed by atoms with Crippen LogP contribution in [-0.2, 0) is 9.47 Å². The van der Waals surface area contributed by atoms with E-state index >= 15 is 0 Å². The van der Waals surface area contributed by atoms with E-state index in [0.29, 0.717) is 11.3 Å². The van der Waals surface area contributed by atoms with Gasteiger partial charge in [0.1, 0.15) is 37.1 Å². The quantitative estimate of drug-likeness (QED) is 0.780. The molecule has 0 bridgehead atoms. The highest BCUT2D eigenvalue weighted by Crippen LogP contribution is 2.18. The fraction of sp³-hybridized carbons (Fsp3) is 0.533. The number of esters is 1. The molecule has 1 atom stereocenters. The summed E-state index contributed by atoms with van der Waals surface area (Å²) in [6, 6.07) is 7.11. The lowest BCUT2D eigenvalue weighted by atomic mass is 10.2. The van der Waals surface area contributed by atoms with E-state index in [9.17, 15) is 4.79 Å². The number of para-hydroxylation sites is 1. The van der Waals surface area contributed by atoms with Crippen molar-refractivity contribution in [2.24, 2.45) is 0 Å². The molecule has 0 aromatic heterocycles. The van der Waals surface area contributed by atoms with E-state index in [4.69, 9.17) is 14.2 Å². The lowest BCUT2D eigenvalue weighted by molar-refractivity contribution is -0.910. The maximum absolute atomic E-state index is 12.1. The van der Waals surface area contributed by atoms with E-state index in [1.54, 1.807) is 25.3 Å². The van der Waals surface area contributed by atoms with Crippen molar-refractivity contribution in [3.8, 4) is 5.75 Å². The number of carbonyl (C=O) groups excluding carboxylic acids is 1. The van der Waals surface area contributed by atoms with Crippen LogP contribution in [0.5, 0.6) is 5.75 Å². The standard InChI is InChI=1S/C15H21NO4/c1-12(11-16-7-9-19-10-8-16)20-15(17)13-5-3-4-6-14(13)18-2/h3-6,12H,7-11H2,1-2H3/p+1/t12-/m1/s1. The molecule has 0 radical (unpaired) electrons. The van der Waals surface area contributed by atoms with Gasteiger partial charge in [-0.15, -0.1) is 0 Å². The Balaban J connectivity index is 1.89. The van der Waals surface area contributed by atoms with Gasteiger partial charge in [0.05, 0.1) is 20.3 Å². The Morgan fingerprint density at radius 1 is 1.35 bits per heavy atom. The summed E-state index contributed by atoms with van der Waals surface area (Å²) in [5.74, 6) is 0.214. The topological polar surface area (TPSA) is 49.2 Å². The van der Waals surface area contributed by atoms with E-state index in [-0.39, 0.29) is 12.1 Å². The summed E-state index contributed by atoms with van der Waals surface area (Å²) in [6.45, 7) is 6.23. The minimum Gasteiger partial charge on any atom is -0.496 e. The van der Waals surface area contributed by atoms with Gasteiger partial charge in [-0.2, -0.15) is 0 Å². The van der Waals surface area contributed by atoms with Gasteiger partial charge in [-0.3, -0.25) is 0 Å². The Bertz CT molecular complexity index is 443. The van der Waals surface area contributed by atoms with Gasteiger partial charge in [-0.05, 0) is 19.1 Å². The van der Waals surface area contributed by atoms with E-state index < -0.39 is 0 Å². The first kappa shape index (κ1) is 14.8. The van der Waals surface area contributed by atoms with Crippen molar-refractivity contribution in [2.75, 3.05) is 40.0 Å². The van der Waals surface area contributed by atoms with Gasteiger partial charge in [0.15, 0.2) is 0 Å². The Labute approximate surface area is 119 Å². The summed E-state index contributed by atoms with van der Waals surface area (Å²) in [5.41, 5.74) is 0.471. The third kappa shape index (κ3) is 3.95. The van der Waals surface area contributed by atoms with Crippen molar-refractivity contribution in [2.45, 2.75) is 13.0 Å². The Kier molecular flexibility index (Phi) is 5.38. The number of carbonyl (C=O) groups is 1. The number of hydrogen-bond acceptors (Lipinski definition) is 4. The molecular weight excluding hydrogens is 258 g/mol. The molecule has 0 amide bonds. The molecule has 1 aromatic carbocycles. The largest absolute Gasteiger partial charge is 0.496 e. The van der Waals surface area contributed by atoms with Crippen LogP contribution in [0.2, 0.25) is 0 Å². The molecule has 20 heavy (non-hydrogen) atoms. The molecule has 1 aliphatic rings. The molecule has 0 aliphatic carbocycles. The number of benzene rings is 1. The van der Waals surface area contributed by atoms with E-state index in [1.807, 2.05) is 13.0 Å². The Morgan fingerprint density at radius 2 is 2.05 bits per heavy atom. The molecule has 1 aromatic rings. The van der Waals surface area contributed by atoms with Gasteiger partial charge < -0.3 is 19.1 Å². The monoisotopic (exact) mass is 280 g/mol. The Morgan fingerprint density at radius 3 is 2.75 bits per heavy atom. The maximum Gasteiger partial charge on any atom is 0.342 e. The van der Waals surface area contributed by atoms with Crippen molar-refractivity contribution in [1.82, 2.24) is 0 Å². The van der Waals surface area contributed by atoms with Crippen molar-refractivity contribution in [1.29, 1.82) is 0 Å². The van der Waals surface area contributed by atoms with Gasteiger partial charge in [-0.25, -0.2) is 4.79 Å². The van der Waals surface area contributed by atoms with Crippen LogP contribution in [-0.4, -0.2) is 52.0 Å². The summed E-state index contributed by atoms with van der Waals surface area (Å²) >= 11 is 0. The molecule has 110 valence electrons. The predicted octanol–water partition coefficient (Wildman–Crippen LogP) is 0.156. The fourth-order valence-electron chi connectivity index (χ4n) is 2.37. The number of methoxy groups -OCH3 is 1. The minimum absolute atomic E-state index is 0.125. The SMILES string of the molecule is COc1ccccc1C(=O)O[C@H](C)C[NH+]1CCOCC1. The van der Waals surface area contributed by atoms with Crippen molar-refractivity contribution in [3.05, 3.63) is 29.8 Å². The van der Waals surface area contributed by atoms with Crippen LogP contribution in [0.3, 0.4) is 0 Å². The number of quaternary nitrogens is 1. The van der Waals surface area contributed by atoms with Crippen LogP contribution in [0.1, 0.15) is 17.3 Å². The maximum atomic E-state index is 12.1. The van der Waals surface area contributed by atoms with Crippen molar-refractivity contribution in [3.63, 3.8) is 0 Å². The molecule has 0 unspecified atom stereocenters. The molecule has 1 heterocycles. The van der Waals surface area contributed by atoms with Crippen LogP contribution in [0, 0.1) is 0 Å². The molecule has 1 aliphatic heterocycles. The number of rotatable bonds is 5. The second-order valence-electron chi connectivity index (χ2n) is 4.98. The molecular formula is C15H22NO4+. The second kappa shape index (κ2) is 7.26. The van der Waals surface area contributed by atoms with Gasteiger partial charge in [0.25, 0.3) is 0 Å². The zero-order valence-electron chi connectivity index (χ0n) is 12.1. The summed E-state index contributed by atoms with van der Waals surface area (Å²) in [7, 11) is 1.55. The summed E-state index contributed by atoms with van der Waals surface area (Å²) in [5, 5.41) is 0. The van der Waals surface area contributed by atoms with E-state index in [2.05, 4.69) is 0 Å². The van der Waals surface area contributed by atoms with Crippen LogP contribution in [0.15, 0.2) is 24.3 Å². The van der Waals surface area contributed by atoms with Crippen molar-refractivity contribution >= 4 is 5.97 Å². The molecule has 5 nitrogen and oxygen atoms in total. The third-order valence-corrected chi connectivity index (χ3v) is 3.41. The molecule has 0 saturated carbocycles. The van der Waals surface area contributed by atoms with E-state index in [1.165, 1.54) is 4.90 Å². The number of morpholine rings is 1. The molecule has 1 fully saturated rings.